The monoisotopic (exact) mass is 276 g/mol. The van der Waals surface area contributed by atoms with Crippen molar-refractivity contribution in [3.8, 4) is 0 Å². The largest absolute Gasteiger partial charge is 0.352 e. The van der Waals surface area contributed by atoms with Gasteiger partial charge in [0.2, 0.25) is 5.91 Å². The number of nitrogens with one attached hydrogen (secondary N) is 1. The van der Waals surface area contributed by atoms with Crippen LogP contribution in [0.25, 0.3) is 0 Å². The Morgan fingerprint density at radius 1 is 1.33 bits per heavy atom. The molecular formula is C14H29ClN2O. The van der Waals surface area contributed by atoms with Gasteiger partial charge in [-0.2, -0.15) is 0 Å². The van der Waals surface area contributed by atoms with Crippen molar-refractivity contribution in [1.29, 1.82) is 0 Å². The topological polar surface area (TPSA) is 55.1 Å². The van der Waals surface area contributed by atoms with Crippen LogP contribution >= 0.6 is 12.4 Å². The maximum Gasteiger partial charge on any atom is 0.223 e. The lowest BCUT2D eigenvalue weighted by atomic mass is 9.79. The Bertz CT molecular complexity index is 228. The molecule has 108 valence electrons. The van der Waals surface area contributed by atoms with E-state index in [1.54, 1.807) is 0 Å². The molecule has 1 amide bonds. The standard InChI is InChI=1S/C14H28N2O.ClH/c1-3-4-5-12-6-8-13(9-7-12)14(17)16-11(2)10-15;/h11-13H,3-10,15H2,1-2H3,(H,16,17);1H/t11-,12?,13?;/m0./s1. The van der Waals surface area contributed by atoms with Crippen LogP contribution in [-0.2, 0) is 4.79 Å². The van der Waals surface area contributed by atoms with Crippen LogP contribution in [0.4, 0.5) is 0 Å². The minimum Gasteiger partial charge on any atom is -0.352 e. The van der Waals surface area contributed by atoms with Gasteiger partial charge in [0.25, 0.3) is 0 Å². The molecule has 0 bridgehead atoms. The van der Waals surface area contributed by atoms with Gasteiger partial charge in [-0.25, -0.2) is 0 Å². The van der Waals surface area contributed by atoms with Gasteiger partial charge in [-0.15, -0.1) is 12.4 Å². The molecule has 0 radical (unpaired) electrons. The van der Waals surface area contributed by atoms with Gasteiger partial charge in [0.15, 0.2) is 0 Å². The van der Waals surface area contributed by atoms with Gasteiger partial charge in [-0.3, -0.25) is 4.79 Å². The second-order valence-corrected chi connectivity index (χ2v) is 5.51. The molecule has 1 atom stereocenters. The Labute approximate surface area is 118 Å². The fourth-order valence-electron chi connectivity index (χ4n) is 2.63. The van der Waals surface area contributed by atoms with Gasteiger partial charge in [-0.1, -0.05) is 26.2 Å². The number of carbonyl (C=O) groups excluding carboxylic acids is 1. The number of hydrogen-bond acceptors (Lipinski definition) is 2. The third-order valence-corrected chi connectivity index (χ3v) is 3.93. The van der Waals surface area contributed by atoms with Crippen molar-refractivity contribution in [2.24, 2.45) is 17.6 Å². The molecule has 1 aliphatic carbocycles. The van der Waals surface area contributed by atoms with E-state index in [9.17, 15) is 4.79 Å². The summed E-state index contributed by atoms with van der Waals surface area (Å²) in [4.78, 5) is 11.9. The van der Waals surface area contributed by atoms with E-state index >= 15 is 0 Å². The molecule has 1 fully saturated rings. The number of amides is 1. The minimum absolute atomic E-state index is 0. The van der Waals surface area contributed by atoms with E-state index in [1.807, 2.05) is 6.92 Å². The fourth-order valence-corrected chi connectivity index (χ4v) is 2.63. The van der Waals surface area contributed by atoms with E-state index < -0.39 is 0 Å². The summed E-state index contributed by atoms with van der Waals surface area (Å²) in [6.45, 7) is 4.73. The number of carbonyl (C=O) groups is 1. The summed E-state index contributed by atoms with van der Waals surface area (Å²) < 4.78 is 0. The lowest BCUT2D eigenvalue weighted by Gasteiger charge is -2.28. The lowest BCUT2D eigenvalue weighted by molar-refractivity contribution is -0.126. The summed E-state index contributed by atoms with van der Waals surface area (Å²) in [6.07, 6.45) is 8.57. The zero-order chi connectivity index (χ0) is 12.7. The number of unbranched alkanes of at least 4 members (excludes halogenated alkanes) is 1. The van der Waals surface area contributed by atoms with Crippen LogP contribution in [0.3, 0.4) is 0 Å². The van der Waals surface area contributed by atoms with Crippen molar-refractivity contribution < 1.29 is 4.79 Å². The maximum absolute atomic E-state index is 11.9. The van der Waals surface area contributed by atoms with Crippen molar-refractivity contribution in [2.45, 2.75) is 64.8 Å². The van der Waals surface area contributed by atoms with Gasteiger partial charge in [-0.05, 0) is 38.5 Å². The van der Waals surface area contributed by atoms with Crippen LogP contribution in [0.15, 0.2) is 0 Å². The van der Waals surface area contributed by atoms with Crippen LogP contribution in [0.2, 0.25) is 0 Å². The summed E-state index contributed by atoms with van der Waals surface area (Å²) in [5.74, 6) is 1.32. The summed E-state index contributed by atoms with van der Waals surface area (Å²) in [5.41, 5.74) is 5.51. The Hall–Kier alpha value is -0.280. The first-order valence-electron chi connectivity index (χ1n) is 7.17. The number of halogens is 1. The van der Waals surface area contributed by atoms with Crippen LogP contribution in [0.5, 0.6) is 0 Å². The smallest absolute Gasteiger partial charge is 0.223 e. The quantitative estimate of drug-likeness (QED) is 0.784. The van der Waals surface area contributed by atoms with Crippen LogP contribution < -0.4 is 11.1 Å². The summed E-state index contributed by atoms with van der Waals surface area (Å²) in [6, 6.07) is 0.111. The van der Waals surface area contributed by atoms with E-state index in [4.69, 9.17) is 5.73 Å². The lowest BCUT2D eigenvalue weighted by Crippen LogP contribution is -2.42. The zero-order valence-corrected chi connectivity index (χ0v) is 12.6. The molecule has 0 aromatic carbocycles. The van der Waals surface area contributed by atoms with Gasteiger partial charge >= 0.3 is 0 Å². The molecule has 3 nitrogen and oxygen atoms in total. The van der Waals surface area contributed by atoms with Crippen molar-refractivity contribution in [2.75, 3.05) is 6.54 Å². The summed E-state index contributed by atoms with van der Waals surface area (Å²) >= 11 is 0. The van der Waals surface area contributed by atoms with Crippen LogP contribution in [-0.4, -0.2) is 18.5 Å². The first-order chi connectivity index (χ1) is 8.17. The summed E-state index contributed by atoms with van der Waals surface area (Å²) in [5, 5.41) is 2.99. The van der Waals surface area contributed by atoms with Crippen LogP contribution in [0, 0.1) is 11.8 Å². The van der Waals surface area contributed by atoms with Gasteiger partial charge < -0.3 is 11.1 Å². The van der Waals surface area contributed by atoms with E-state index in [0.29, 0.717) is 6.54 Å². The first kappa shape index (κ1) is 17.7. The molecule has 0 aromatic rings. The molecule has 1 saturated carbocycles. The molecule has 0 saturated heterocycles. The number of rotatable bonds is 6. The molecule has 0 aliphatic heterocycles. The Morgan fingerprint density at radius 2 is 1.94 bits per heavy atom. The molecule has 0 heterocycles. The van der Waals surface area contributed by atoms with Crippen molar-refractivity contribution in [3.05, 3.63) is 0 Å². The van der Waals surface area contributed by atoms with E-state index in [1.165, 1.54) is 32.1 Å². The number of hydrogen-bond donors (Lipinski definition) is 2. The summed E-state index contributed by atoms with van der Waals surface area (Å²) in [7, 11) is 0. The SMILES string of the molecule is CCCCC1CCC(C(=O)N[C@@H](C)CN)CC1.Cl. The molecule has 3 N–H and O–H groups in total. The average Bonchev–Trinajstić information content (AvgIpc) is 2.36. The molecule has 4 heteroatoms. The van der Waals surface area contributed by atoms with Crippen LogP contribution in [0.1, 0.15) is 58.8 Å². The predicted octanol–water partition coefficient (Wildman–Crippen LogP) is 2.87. The Balaban J connectivity index is 0.00000289. The zero-order valence-electron chi connectivity index (χ0n) is 11.8. The second-order valence-electron chi connectivity index (χ2n) is 5.51. The second kappa shape index (κ2) is 9.62. The Kier molecular flexibility index (Phi) is 9.47. The van der Waals surface area contributed by atoms with Gasteiger partial charge in [0, 0.05) is 18.5 Å². The predicted molar refractivity (Wildman–Crippen MR) is 78.9 cm³/mol. The third kappa shape index (κ3) is 6.05. The number of nitrogens with two attached hydrogens (primary N) is 1. The molecule has 18 heavy (non-hydrogen) atoms. The third-order valence-electron chi connectivity index (χ3n) is 3.93. The van der Waals surface area contributed by atoms with E-state index in [2.05, 4.69) is 12.2 Å². The normalized spacial score (nSPS) is 25.1. The highest BCUT2D eigenvalue weighted by Gasteiger charge is 2.26. The van der Waals surface area contributed by atoms with Crippen molar-refractivity contribution >= 4 is 18.3 Å². The van der Waals surface area contributed by atoms with Crippen molar-refractivity contribution in [3.63, 3.8) is 0 Å². The van der Waals surface area contributed by atoms with E-state index in [0.717, 1.165) is 18.8 Å². The fraction of sp³-hybridized carbons (Fsp3) is 0.929. The van der Waals surface area contributed by atoms with Gasteiger partial charge in [0.1, 0.15) is 0 Å². The van der Waals surface area contributed by atoms with Crippen molar-refractivity contribution in [1.82, 2.24) is 5.32 Å². The molecule has 1 rings (SSSR count). The Morgan fingerprint density at radius 3 is 2.44 bits per heavy atom. The maximum atomic E-state index is 11.9. The highest BCUT2D eigenvalue weighted by molar-refractivity contribution is 5.85. The van der Waals surface area contributed by atoms with Gasteiger partial charge in [0.05, 0.1) is 0 Å². The molecule has 0 spiro atoms. The molecule has 0 aromatic heterocycles. The molecule has 1 aliphatic rings. The highest BCUT2D eigenvalue weighted by Crippen LogP contribution is 2.31. The highest BCUT2D eigenvalue weighted by atomic mass is 35.5. The average molecular weight is 277 g/mol. The van der Waals surface area contributed by atoms with E-state index in [-0.39, 0.29) is 30.3 Å². The molecule has 0 unspecified atom stereocenters. The minimum atomic E-state index is 0. The first-order valence-corrected chi connectivity index (χ1v) is 7.17. The molecular weight excluding hydrogens is 248 g/mol.